The summed E-state index contributed by atoms with van der Waals surface area (Å²) in [5, 5.41) is 3.37. The molecule has 0 saturated carbocycles. The van der Waals surface area contributed by atoms with Crippen molar-refractivity contribution >= 4 is 0 Å². The second-order valence-corrected chi connectivity index (χ2v) is 4.98. The average Bonchev–Trinajstić information content (AvgIpc) is 2.42. The number of nitrogens with one attached hydrogen (secondary N) is 1. The lowest BCUT2D eigenvalue weighted by molar-refractivity contribution is 0.106. The number of benzene rings is 1. The molecule has 0 radical (unpaired) electrons. The Kier molecular flexibility index (Phi) is 5.65. The van der Waals surface area contributed by atoms with Crippen molar-refractivity contribution < 1.29 is 4.74 Å². The SMILES string of the molecule is Cc1ccc(COCCCN2CCNCC2)cc1. The molecule has 0 atom stereocenters. The molecule has 0 bridgehead atoms. The van der Waals surface area contributed by atoms with Gasteiger partial charge in [-0.1, -0.05) is 29.8 Å². The molecular formula is C15H24N2O. The van der Waals surface area contributed by atoms with E-state index in [-0.39, 0.29) is 0 Å². The van der Waals surface area contributed by atoms with Gasteiger partial charge >= 0.3 is 0 Å². The lowest BCUT2D eigenvalue weighted by Gasteiger charge is -2.26. The highest BCUT2D eigenvalue weighted by Crippen LogP contribution is 2.05. The van der Waals surface area contributed by atoms with Crippen LogP contribution in [-0.4, -0.2) is 44.2 Å². The number of piperazine rings is 1. The van der Waals surface area contributed by atoms with Gasteiger partial charge in [-0.3, -0.25) is 0 Å². The van der Waals surface area contributed by atoms with E-state index in [0.29, 0.717) is 0 Å². The van der Waals surface area contributed by atoms with Gasteiger partial charge in [0.25, 0.3) is 0 Å². The summed E-state index contributed by atoms with van der Waals surface area (Å²) in [4.78, 5) is 2.51. The molecular weight excluding hydrogens is 224 g/mol. The third kappa shape index (κ3) is 4.77. The Bertz CT molecular complexity index is 331. The molecule has 2 rings (SSSR count). The van der Waals surface area contributed by atoms with E-state index in [0.717, 1.165) is 39.3 Å². The van der Waals surface area contributed by atoms with E-state index in [4.69, 9.17) is 4.74 Å². The van der Waals surface area contributed by atoms with Crippen molar-refractivity contribution in [2.24, 2.45) is 0 Å². The van der Waals surface area contributed by atoms with Crippen molar-refractivity contribution in [1.82, 2.24) is 10.2 Å². The number of ether oxygens (including phenoxy) is 1. The number of hydrogen-bond acceptors (Lipinski definition) is 3. The fourth-order valence-electron chi connectivity index (χ4n) is 2.20. The molecule has 1 heterocycles. The topological polar surface area (TPSA) is 24.5 Å². The summed E-state index contributed by atoms with van der Waals surface area (Å²) in [5.74, 6) is 0. The second-order valence-electron chi connectivity index (χ2n) is 4.98. The molecule has 0 aromatic heterocycles. The van der Waals surface area contributed by atoms with E-state index in [9.17, 15) is 0 Å². The minimum atomic E-state index is 0.738. The quantitative estimate of drug-likeness (QED) is 0.777. The number of hydrogen-bond donors (Lipinski definition) is 1. The molecule has 1 aromatic carbocycles. The van der Waals surface area contributed by atoms with Crippen LogP contribution in [0, 0.1) is 6.92 Å². The van der Waals surface area contributed by atoms with E-state index in [1.54, 1.807) is 0 Å². The normalized spacial score (nSPS) is 16.9. The van der Waals surface area contributed by atoms with Gasteiger partial charge in [-0.25, -0.2) is 0 Å². The molecule has 100 valence electrons. The summed E-state index contributed by atoms with van der Waals surface area (Å²) in [6.45, 7) is 9.48. The first kappa shape index (κ1) is 13.5. The fourth-order valence-corrected chi connectivity index (χ4v) is 2.20. The highest BCUT2D eigenvalue weighted by Gasteiger charge is 2.07. The molecule has 1 N–H and O–H groups in total. The zero-order valence-electron chi connectivity index (χ0n) is 11.3. The monoisotopic (exact) mass is 248 g/mol. The summed E-state index contributed by atoms with van der Waals surface area (Å²) in [6, 6.07) is 8.57. The van der Waals surface area contributed by atoms with Crippen LogP contribution in [0.15, 0.2) is 24.3 Å². The van der Waals surface area contributed by atoms with Crippen LogP contribution in [0.25, 0.3) is 0 Å². The van der Waals surface area contributed by atoms with Crippen LogP contribution < -0.4 is 5.32 Å². The first-order valence-electron chi connectivity index (χ1n) is 6.91. The van der Waals surface area contributed by atoms with Crippen molar-refractivity contribution in [2.75, 3.05) is 39.3 Å². The third-order valence-electron chi connectivity index (χ3n) is 3.36. The first-order valence-corrected chi connectivity index (χ1v) is 6.91. The van der Waals surface area contributed by atoms with Gasteiger partial charge in [0.05, 0.1) is 6.61 Å². The molecule has 1 saturated heterocycles. The van der Waals surface area contributed by atoms with Crippen LogP contribution in [0.1, 0.15) is 17.5 Å². The van der Waals surface area contributed by atoms with E-state index < -0.39 is 0 Å². The van der Waals surface area contributed by atoms with E-state index in [1.165, 1.54) is 24.2 Å². The van der Waals surface area contributed by atoms with Gasteiger partial charge in [0.1, 0.15) is 0 Å². The second kappa shape index (κ2) is 7.52. The number of rotatable bonds is 6. The lowest BCUT2D eigenvalue weighted by Crippen LogP contribution is -2.43. The number of aryl methyl sites for hydroxylation is 1. The Balaban J connectivity index is 1.54. The van der Waals surface area contributed by atoms with Gasteiger partial charge in [0.2, 0.25) is 0 Å². The zero-order valence-corrected chi connectivity index (χ0v) is 11.3. The molecule has 3 nitrogen and oxygen atoms in total. The molecule has 0 spiro atoms. The van der Waals surface area contributed by atoms with Crippen LogP contribution in [0.3, 0.4) is 0 Å². The summed E-state index contributed by atoms with van der Waals surface area (Å²) in [7, 11) is 0. The van der Waals surface area contributed by atoms with Gasteiger partial charge < -0.3 is 15.0 Å². The average molecular weight is 248 g/mol. The van der Waals surface area contributed by atoms with Gasteiger partial charge in [-0.05, 0) is 18.9 Å². The van der Waals surface area contributed by atoms with Crippen LogP contribution in [0.2, 0.25) is 0 Å². The van der Waals surface area contributed by atoms with Crippen molar-refractivity contribution in [3.05, 3.63) is 35.4 Å². The Morgan fingerprint density at radius 1 is 1.17 bits per heavy atom. The standard InChI is InChI=1S/C15H24N2O/c1-14-3-5-15(6-4-14)13-18-12-2-9-17-10-7-16-8-11-17/h3-6,16H,2,7-13H2,1H3. The first-order chi connectivity index (χ1) is 8.84. The molecule has 1 aromatic rings. The van der Waals surface area contributed by atoms with E-state index in [1.807, 2.05) is 0 Å². The Hall–Kier alpha value is -0.900. The van der Waals surface area contributed by atoms with E-state index >= 15 is 0 Å². The maximum absolute atomic E-state index is 5.71. The Morgan fingerprint density at radius 3 is 2.61 bits per heavy atom. The molecule has 0 aliphatic carbocycles. The molecule has 0 amide bonds. The lowest BCUT2D eigenvalue weighted by atomic mass is 10.2. The van der Waals surface area contributed by atoms with Crippen molar-refractivity contribution in [3.8, 4) is 0 Å². The van der Waals surface area contributed by atoms with Crippen molar-refractivity contribution in [1.29, 1.82) is 0 Å². The molecule has 1 fully saturated rings. The van der Waals surface area contributed by atoms with Gasteiger partial charge in [-0.15, -0.1) is 0 Å². The summed E-state index contributed by atoms with van der Waals surface area (Å²) < 4.78 is 5.71. The van der Waals surface area contributed by atoms with Crippen LogP contribution in [-0.2, 0) is 11.3 Å². The Morgan fingerprint density at radius 2 is 1.89 bits per heavy atom. The highest BCUT2D eigenvalue weighted by atomic mass is 16.5. The fraction of sp³-hybridized carbons (Fsp3) is 0.600. The van der Waals surface area contributed by atoms with Crippen LogP contribution in [0.5, 0.6) is 0 Å². The predicted octanol–water partition coefficient (Wildman–Crippen LogP) is 1.81. The molecule has 1 aliphatic heterocycles. The van der Waals surface area contributed by atoms with Crippen LogP contribution in [0.4, 0.5) is 0 Å². The molecule has 0 unspecified atom stereocenters. The minimum absolute atomic E-state index is 0.738. The molecule has 1 aliphatic rings. The smallest absolute Gasteiger partial charge is 0.0716 e. The van der Waals surface area contributed by atoms with Crippen molar-refractivity contribution in [2.45, 2.75) is 20.0 Å². The summed E-state index contributed by atoms with van der Waals surface area (Å²) >= 11 is 0. The molecule has 18 heavy (non-hydrogen) atoms. The predicted molar refractivity (Wildman–Crippen MR) is 74.8 cm³/mol. The maximum atomic E-state index is 5.71. The highest BCUT2D eigenvalue weighted by molar-refractivity contribution is 5.20. The van der Waals surface area contributed by atoms with Gasteiger partial charge in [0.15, 0.2) is 0 Å². The summed E-state index contributed by atoms with van der Waals surface area (Å²) in [6.07, 6.45) is 1.13. The van der Waals surface area contributed by atoms with E-state index in [2.05, 4.69) is 41.4 Å². The van der Waals surface area contributed by atoms with Gasteiger partial charge in [0, 0.05) is 39.3 Å². The third-order valence-corrected chi connectivity index (χ3v) is 3.36. The van der Waals surface area contributed by atoms with Crippen LogP contribution >= 0.6 is 0 Å². The minimum Gasteiger partial charge on any atom is -0.377 e. The van der Waals surface area contributed by atoms with Gasteiger partial charge in [-0.2, -0.15) is 0 Å². The largest absolute Gasteiger partial charge is 0.377 e. The Labute approximate surface area is 110 Å². The number of nitrogens with zero attached hydrogens (tertiary/aromatic N) is 1. The molecule has 3 heteroatoms. The summed E-state index contributed by atoms with van der Waals surface area (Å²) in [5.41, 5.74) is 2.57. The maximum Gasteiger partial charge on any atom is 0.0716 e. The van der Waals surface area contributed by atoms with Crippen molar-refractivity contribution in [3.63, 3.8) is 0 Å². The zero-order chi connectivity index (χ0) is 12.6.